The van der Waals surface area contributed by atoms with Crippen LogP contribution in [0.3, 0.4) is 0 Å². The quantitative estimate of drug-likeness (QED) is 0.793. The molecule has 1 N–H and O–H groups in total. The van der Waals surface area contributed by atoms with Crippen LogP contribution in [0, 0.1) is 6.92 Å². The van der Waals surface area contributed by atoms with Crippen LogP contribution in [0.15, 0.2) is 42.7 Å². The Balaban J connectivity index is 1.51. The van der Waals surface area contributed by atoms with Crippen LogP contribution < -0.4 is 5.32 Å². The molecule has 3 heterocycles. The number of likely N-dealkylation sites (tertiary alicyclic amines) is 1. The molecule has 1 atom stereocenters. The van der Waals surface area contributed by atoms with Crippen LogP contribution in [0.2, 0.25) is 0 Å². The molecule has 0 spiro atoms. The van der Waals surface area contributed by atoms with E-state index in [9.17, 15) is 4.79 Å². The van der Waals surface area contributed by atoms with E-state index in [0.29, 0.717) is 12.3 Å². The third kappa shape index (κ3) is 3.17. The summed E-state index contributed by atoms with van der Waals surface area (Å²) in [5.41, 5.74) is 1.62. The lowest BCUT2D eigenvalue weighted by molar-refractivity contribution is 0.0714. The summed E-state index contributed by atoms with van der Waals surface area (Å²) in [6.45, 7) is 3.40. The van der Waals surface area contributed by atoms with Gasteiger partial charge < -0.3 is 10.2 Å². The number of piperidine rings is 1. The lowest BCUT2D eigenvalue weighted by atomic mass is 10.0. The topological polar surface area (TPSA) is 75.4 Å². The second-order valence-corrected chi connectivity index (χ2v) is 6.36. The molecule has 2 aromatic heterocycles. The van der Waals surface area contributed by atoms with Gasteiger partial charge in [0.05, 0.1) is 0 Å². The highest BCUT2D eigenvalue weighted by atomic mass is 16.2. The Hall–Kier alpha value is -2.96. The van der Waals surface area contributed by atoms with Crippen LogP contribution in [-0.2, 0) is 0 Å². The lowest BCUT2D eigenvalue weighted by Gasteiger charge is -2.33. The van der Waals surface area contributed by atoms with Crippen molar-refractivity contribution in [2.75, 3.05) is 18.4 Å². The minimum Gasteiger partial charge on any atom is -0.365 e. The molecular formula is C18H20N6O. The fourth-order valence-electron chi connectivity index (χ4n) is 3.29. The zero-order valence-electron chi connectivity index (χ0n) is 14.1. The molecule has 7 heteroatoms. The van der Waals surface area contributed by atoms with Crippen LogP contribution in [0.4, 0.5) is 5.82 Å². The summed E-state index contributed by atoms with van der Waals surface area (Å²) in [6.07, 6.45) is 3.48. The number of amides is 1. The second kappa shape index (κ2) is 6.51. The first-order valence-corrected chi connectivity index (χ1v) is 8.49. The van der Waals surface area contributed by atoms with Crippen molar-refractivity contribution < 1.29 is 4.79 Å². The Morgan fingerprint density at radius 2 is 2.12 bits per heavy atom. The number of carbonyl (C=O) groups excluding carboxylic acids is 1. The number of carbonyl (C=O) groups is 1. The largest absolute Gasteiger partial charge is 0.365 e. The SMILES string of the molecule is Cc1cc(N[C@H]2CCCN(C(=O)c3ccccc3)C2)n2ncnc2n1. The molecular weight excluding hydrogens is 316 g/mol. The van der Waals surface area contributed by atoms with E-state index < -0.39 is 0 Å². The molecule has 128 valence electrons. The predicted octanol–water partition coefficient (Wildman–Crippen LogP) is 2.15. The molecule has 1 aliphatic rings. The number of aromatic nitrogens is 4. The lowest BCUT2D eigenvalue weighted by Crippen LogP contribution is -2.45. The van der Waals surface area contributed by atoms with Crippen LogP contribution in [0.5, 0.6) is 0 Å². The van der Waals surface area contributed by atoms with E-state index >= 15 is 0 Å². The van der Waals surface area contributed by atoms with E-state index in [2.05, 4.69) is 20.4 Å². The molecule has 3 aromatic rings. The average Bonchev–Trinajstić information content (AvgIpc) is 3.10. The second-order valence-electron chi connectivity index (χ2n) is 6.36. The first-order valence-electron chi connectivity index (χ1n) is 8.49. The Kier molecular flexibility index (Phi) is 4.05. The van der Waals surface area contributed by atoms with E-state index in [-0.39, 0.29) is 11.9 Å². The summed E-state index contributed by atoms with van der Waals surface area (Å²) in [7, 11) is 0. The molecule has 1 amide bonds. The number of rotatable bonds is 3. The smallest absolute Gasteiger partial charge is 0.254 e. The third-order valence-corrected chi connectivity index (χ3v) is 4.46. The van der Waals surface area contributed by atoms with Gasteiger partial charge in [0.1, 0.15) is 12.1 Å². The molecule has 0 unspecified atom stereocenters. The van der Waals surface area contributed by atoms with E-state index in [4.69, 9.17) is 0 Å². The Morgan fingerprint density at radius 3 is 2.96 bits per heavy atom. The van der Waals surface area contributed by atoms with Gasteiger partial charge in [0, 0.05) is 36.5 Å². The van der Waals surface area contributed by atoms with Crippen molar-refractivity contribution in [3.05, 3.63) is 54.0 Å². The van der Waals surface area contributed by atoms with Gasteiger partial charge in [-0.1, -0.05) is 18.2 Å². The Morgan fingerprint density at radius 1 is 1.28 bits per heavy atom. The van der Waals surface area contributed by atoms with Gasteiger partial charge in [0.25, 0.3) is 11.7 Å². The summed E-state index contributed by atoms with van der Waals surface area (Å²) < 4.78 is 1.70. The van der Waals surface area contributed by atoms with E-state index in [1.165, 1.54) is 6.33 Å². The van der Waals surface area contributed by atoms with Crippen molar-refractivity contribution in [1.29, 1.82) is 0 Å². The molecule has 1 saturated heterocycles. The van der Waals surface area contributed by atoms with Gasteiger partial charge in [0.2, 0.25) is 0 Å². The normalized spacial score (nSPS) is 17.6. The molecule has 25 heavy (non-hydrogen) atoms. The zero-order valence-corrected chi connectivity index (χ0v) is 14.1. The fraction of sp³-hybridized carbons (Fsp3) is 0.333. The van der Waals surface area contributed by atoms with Crippen molar-refractivity contribution in [2.45, 2.75) is 25.8 Å². The zero-order chi connectivity index (χ0) is 17.2. The average molecular weight is 336 g/mol. The first kappa shape index (κ1) is 15.6. The van der Waals surface area contributed by atoms with Gasteiger partial charge in [-0.25, -0.2) is 4.98 Å². The van der Waals surface area contributed by atoms with Crippen molar-refractivity contribution in [3.8, 4) is 0 Å². The van der Waals surface area contributed by atoms with Gasteiger partial charge in [-0.05, 0) is 31.9 Å². The van der Waals surface area contributed by atoms with Crippen LogP contribution in [0.1, 0.15) is 28.9 Å². The molecule has 1 fully saturated rings. The number of nitrogens with zero attached hydrogens (tertiary/aromatic N) is 5. The maximum Gasteiger partial charge on any atom is 0.254 e. The summed E-state index contributed by atoms with van der Waals surface area (Å²) in [4.78, 5) is 23.1. The van der Waals surface area contributed by atoms with E-state index in [1.807, 2.05) is 48.2 Å². The maximum absolute atomic E-state index is 12.7. The number of anilines is 1. The molecule has 4 rings (SSSR count). The van der Waals surface area contributed by atoms with Gasteiger partial charge in [-0.3, -0.25) is 4.79 Å². The summed E-state index contributed by atoms with van der Waals surface area (Å²) in [5, 5.41) is 7.74. The number of hydrogen-bond donors (Lipinski definition) is 1. The summed E-state index contributed by atoms with van der Waals surface area (Å²) in [5.74, 6) is 1.53. The van der Waals surface area contributed by atoms with Gasteiger partial charge in [-0.15, -0.1) is 0 Å². The Bertz CT molecular complexity index is 891. The molecule has 1 aromatic carbocycles. The van der Waals surface area contributed by atoms with Gasteiger partial charge in [-0.2, -0.15) is 14.6 Å². The van der Waals surface area contributed by atoms with Crippen molar-refractivity contribution in [2.24, 2.45) is 0 Å². The van der Waals surface area contributed by atoms with Crippen LogP contribution >= 0.6 is 0 Å². The van der Waals surface area contributed by atoms with Crippen molar-refractivity contribution in [3.63, 3.8) is 0 Å². The standard InChI is InChI=1S/C18H20N6O/c1-13-10-16(24-18(21-13)19-12-20-24)22-15-8-5-9-23(11-15)17(25)14-6-3-2-4-7-14/h2-4,6-7,10,12,15,22H,5,8-9,11H2,1H3/t15-/m0/s1. The highest BCUT2D eigenvalue weighted by molar-refractivity contribution is 5.94. The molecule has 1 aliphatic heterocycles. The van der Waals surface area contributed by atoms with Crippen molar-refractivity contribution >= 4 is 17.5 Å². The molecule has 0 aliphatic carbocycles. The highest BCUT2D eigenvalue weighted by Crippen LogP contribution is 2.18. The van der Waals surface area contributed by atoms with Crippen LogP contribution in [-0.4, -0.2) is 49.5 Å². The molecule has 0 radical (unpaired) electrons. The highest BCUT2D eigenvalue weighted by Gasteiger charge is 2.25. The fourth-order valence-corrected chi connectivity index (χ4v) is 3.29. The number of nitrogens with one attached hydrogen (secondary N) is 1. The summed E-state index contributed by atoms with van der Waals surface area (Å²) >= 11 is 0. The molecule has 7 nitrogen and oxygen atoms in total. The van der Waals surface area contributed by atoms with Crippen molar-refractivity contribution in [1.82, 2.24) is 24.5 Å². The number of fused-ring (bicyclic) bond motifs is 1. The number of aryl methyl sites for hydroxylation is 1. The van der Waals surface area contributed by atoms with Gasteiger partial charge in [0.15, 0.2) is 0 Å². The van der Waals surface area contributed by atoms with Gasteiger partial charge >= 0.3 is 0 Å². The number of hydrogen-bond acceptors (Lipinski definition) is 5. The third-order valence-electron chi connectivity index (χ3n) is 4.46. The molecule has 0 bridgehead atoms. The monoisotopic (exact) mass is 336 g/mol. The minimum absolute atomic E-state index is 0.0870. The first-order chi connectivity index (χ1) is 12.2. The molecule has 0 saturated carbocycles. The van der Waals surface area contributed by atoms with Crippen LogP contribution in [0.25, 0.3) is 5.78 Å². The minimum atomic E-state index is 0.0870. The van der Waals surface area contributed by atoms with E-state index in [1.54, 1.807) is 4.52 Å². The maximum atomic E-state index is 12.7. The number of benzene rings is 1. The summed E-state index contributed by atoms with van der Waals surface area (Å²) in [6, 6.07) is 11.6. The van der Waals surface area contributed by atoms with E-state index in [0.717, 1.165) is 36.5 Å². The Labute approximate surface area is 145 Å². The predicted molar refractivity (Wildman–Crippen MR) is 94.5 cm³/mol.